The zero-order valence-corrected chi connectivity index (χ0v) is 11.9. The van der Waals surface area contributed by atoms with Crippen LogP contribution in [0.25, 0.3) is 5.57 Å². The van der Waals surface area contributed by atoms with Crippen molar-refractivity contribution in [3.8, 4) is 5.75 Å². The van der Waals surface area contributed by atoms with Crippen molar-refractivity contribution >= 4 is 11.4 Å². The lowest BCUT2D eigenvalue weighted by molar-refractivity contribution is -0.126. The molecule has 0 heterocycles. The number of phenols is 1. The van der Waals surface area contributed by atoms with Crippen LogP contribution in [0.15, 0.2) is 24.3 Å². The van der Waals surface area contributed by atoms with E-state index >= 15 is 0 Å². The zero-order chi connectivity index (χ0) is 13.9. The number of ketones is 1. The Balaban J connectivity index is 1.81. The van der Waals surface area contributed by atoms with Gasteiger partial charge in [-0.25, -0.2) is 0 Å². The van der Waals surface area contributed by atoms with Gasteiger partial charge in [0.05, 0.1) is 0 Å². The highest BCUT2D eigenvalue weighted by atomic mass is 16.3. The number of aryl methyl sites for hydroxylation is 1. The van der Waals surface area contributed by atoms with E-state index in [0.717, 1.165) is 32.1 Å². The van der Waals surface area contributed by atoms with Crippen LogP contribution in [-0.4, -0.2) is 10.9 Å². The summed E-state index contributed by atoms with van der Waals surface area (Å²) in [6.07, 6.45) is 7.16. The molecule has 104 valence electrons. The molecule has 1 aromatic carbocycles. The Morgan fingerprint density at radius 1 is 1.25 bits per heavy atom. The third-order valence-electron chi connectivity index (χ3n) is 5.89. The number of Topliss-reactive ketones (excluding diaryl/α,β-unsaturated/α-hetero) is 1. The van der Waals surface area contributed by atoms with E-state index in [2.05, 4.69) is 19.1 Å². The zero-order valence-electron chi connectivity index (χ0n) is 11.9. The fraction of sp³-hybridized carbons (Fsp3) is 0.500. The maximum atomic E-state index is 12.2. The second-order valence-electron chi connectivity index (χ2n) is 6.84. The number of allylic oxidation sites excluding steroid dienone is 2. The summed E-state index contributed by atoms with van der Waals surface area (Å²) in [5.41, 5.74) is 3.90. The second kappa shape index (κ2) is 3.97. The van der Waals surface area contributed by atoms with Crippen molar-refractivity contribution in [3.63, 3.8) is 0 Å². The monoisotopic (exact) mass is 268 g/mol. The molecule has 0 aliphatic heterocycles. The van der Waals surface area contributed by atoms with Crippen molar-refractivity contribution in [2.24, 2.45) is 17.3 Å². The maximum Gasteiger partial charge on any atom is 0.139 e. The normalized spacial score (nSPS) is 35.0. The lowest BCUT2D eigenvalue weighted by atomic mass is 9.60. The third-order valence-corrected chi connectivity index (χ3v) is 5.89. The molecule has 1 saturated carbocycles. The third kappa shape index (κ3) is 1.48. The van der Waals surface area contributed by atoms with E-state index in [1.54, 1.807) is 6.07 Å². The molecule has 0 radical (unpaired) electrons. The molecule has 0 amide bonds. The highest BCUT2D eigenvalue weighted by Gasteiger charge is 2.51. The van der Waals surface area contributed by atoms with Crippen LogP contribution in [-0.2, 0) is 11.2 Å². The van der Waals surface area contributed by atoms with Crippen LogP contribution >= 0.6 is 0 Å². The van der Waals surface area contributed by atoms with Crippen molar-refractivity contribution in [1.82, 2.24) is 0 Å². The van der Waals surface area contributed by atoms with Gasteiger partial charge in [-0.1, -0.05) is 19.1 Å². The van der Waals surface area contributed by atoms with Crippen molar-refractivity contribution in [2.45, 2.75) is 39.0 Å². The molecule has 0 saturated heterocycles. The average molecular weight is 268 g/mol. The topological polar surface area (TPSA) is 37.3 Å². The van der Waals surface area contributed by atoms with Gasteiger partial charge in [-0.15, -0.1) is 0 Å². The first-order valence-electron chi connectivity index (χ1n) is 7.65. The highest BCUT2D eigenvalue weighted by Crippen LogP contribution is 2.56. The standard InChI is InChI=1S/C18H20O2/c1-18-9-8-14-13-5-3-12(19)10-11(13)2-4-15(14)16(18)6-7-17(18)20/h3,5,8,10,15-16,19H,2,4,6-7,9H2,1H3. The van der Waals surface area contributed by atoms with Crippen LogP contribution in [0.1, 0.15) is 43.7 Å². The predicted molar refractivity (Wildman–Crippen MR) is 78.3 cm³/mol. The van der Waals surface area contributed by atoms with Gasteiger partial charge in [-0.2, -0.15) is 0 Å². The van der Waals surface area contributed by atoms with Gasteiger partial charge in [0.1, 0.15) is 11.5 Å². The van der Waals surface area contributed by atoms with Crippen molar-refractivity contribution < 1.29 is 9.90 Å². The molecule has 3 aliphatic carbocycles. The van der Waals surface area contributed by atoms with Crippen LogP contribution in [0.5, 0.6) is 5.75 Å². The molecule has 3 aliphatic rings. The molecule has 4 rings (SSSR count). The van der Waals surface area contributed by atoms with Gasteiger partial charge in [0, 0.05) is 11.8 Å². The second-order valence-corrected chi connectivity index (χ2v) is 6.84. The summed E-state index contributed by atoms with van der Waals surface area (Å²) < 4.78 is 0. The Kier molecular flexibility index (Phi) is 2.42. The molecule has 3 atom stereocenters. The fourth-order valence-corrected chi connectivity index (χ4v) is 4.74. The van der Waals surface area contributed by atoms with Crippen LogP contribution in [0.3, 0.4) is 0 Å². The Morgan fingerprint density at radius 3 is 2.95 bits per heavy atom. The van der Waals surface area contributed by atoms with E-state index in [1.807, 2.05) is 6.07 Å². The van der Waals surface area contributed by atoms with Crippen LogP contribution in [0, 0.1) is 17.3 Å². The first-order valence-corrected chi connectivity index (χ1v) is 7.65. The summed E-state index contributed by atoms with van der Waals surface area (Å²) in [4.78, 5) is 12.2. The van der Waals surface area contributed by atoms with Gasteiger partial charge < -0.3 is 5.11 Å². The van der Waals surface area contributed by atoms with Crippen LogP contribution < -0.4 is 0 Å². The van der Waals surface area contributed by atoms with Gasteiger partial charge in [0.2, 0.25) is 0 Å². The number of carbonyl (C=O) groups excluding carboxylic acids is 1. The highest BCUT2D eigenvalue weighted by molar-refractivity contribution is 5.89. The van der Waals surface area contributed by atoms with E-state index in [1.165, 1.54) is 16.7 Å². The minimum Gasteiger partial charge on any atom is -0.508 e. The minimum absolute atomic E-state index is 0.109. The maximum absolute atomic E-state index is 12.2. The quantitative estimate of drug-likeness (QED) is 0.778. The Hall–Kier alpha value is -1.57. The number of rotatable bonds is 0. The predicted octanol–water partition coefficient (Wildman–Crippen LogP) is 3.73. The molecule has 0 aromatic heterocycles. The molecular weight excluding hydrogens is 248 g/mol. The van der Waals surface area contributed by atoms with E-state index in [9.17, 15) is 9.90 Å². The summed E-state index contributed by atoms with van der Waals surface area (Å²) >= 11 is 0. The SMILES string of the molecule is CC12CC=C3c4ccc(O)cc4CCC3C1CCC2=O. The first kappa shape index (κ1) is 12.2. The Bertz CT molecular complexity index is 628. The van der Waals surface area contributed by atoms with Crippen LogP contribution in [0.4, 0.5) is 0 Å². The molecule has 2 heteroatoms. The summed E-state index contributed by atoms with van der Waals surface area (Å²) in [7, 11) is 0. The van der Waals surface area contributed by atoms with E-state index < -0.39 is 0 Å². The number of benzene rings is 1. The molecule has 3 unspecified atom stereocenters. The van der Waals surface area contributed by atoms with Gasteiger partial charge in [0.15, 0.2) is 0 Å². The number of hydrogen-bond acceptors (Lipinski definition) is 2. The van der Waals surface area contributed by atoms with Gasteiger partial charge >= 0.3 is 0 Å². The van der Waals surface area contributed by atoms with Gasteiger partial charge in [-0.05, 0) is 66.4 Å². The van der Waals surface area contributed by atoms with Gasteiger partial charge in [-0.3, -0.25) is 4.79 Å². The number of aromatic hydroxyl groups is 1. The summed E-state index contributed by atoms with van der Waals surface area (Å²) in [6, 6.07) is 5.75. The molecular formula is C18H20O2. The van der Waals surface area contributed by atoms with Crippen LogP contribution in [0.2, 0.25) is 0 Å². The first-order chi connectivity index (χ1) is 9.59. The van der Waals surface area contributed by atoms with Crippen molar-refractivity contribution in [1.29, 1.82) is 0 Å². The summed E-state index contributed by atoms with van der Waals surface area (Å²) in [6.45, 7) is 2.17. The van der Waals surface area contributed by atoms with Crippen molar-refractivity contribution in [2.75, 3.05) is 0 Å². The van der Waals surface area contributed by atoms with Gasteiger partial charge in [0.25, 0.3) is 0 Å². The molecule has 2 nitrogen and oxygen atoms in total. The van der Waals surface area contributed by atoms with E-state index in [0.29, 0.717) is 23.4 Å². The molecule has 20 heavy (non-hydrogen) atoms. The lowest BCUT2D eigenvalue weighted by Gasteiger charge is -2.43. The fourth-order valence-electron chi connectivity index (χ4n) is 4.74. The number of fused-ring (bicyclic) bond motifs is 5. The number of phenolic OH excluding ortho intramolecular Hbond substituents is 1. The van der Waals surface area contributed by atoms with E-state index in [-0.39, 0.29) is 5.41 Å². The molecule has 1 fully saturated rings. The Labute approximate surface area is 119 Å². The molecule has 0 bridgehead atoms. The smallest absolute Gasteiger partial charge is 0.139 e. The molecule has 0 spiro atoms. The minimum atomic E-state index is -0.109. The number of carbonyl (C=O) groups is 1. The Morgan fingerprint density at radius 2 is 2.10 bits per heavy atom. The molecule has 1 aromatic rings. The molecule has 1 N–H and O–H groups in total. The largest absolute Gasteiger partial charge is 0.508 e. The summed E-state index contributed by atoms with van der Waals surface area (Å²) in [5.74, 6) is 1.89. The average Bonchev–Trinajstić information content (AvgIpc) is 2.74. The summed E-state index contributed by atoms with van der Waals surface area (Å²) in [5, 5.41) is 9.65. The number of hydrogen-bond donors (Lipinski definition) is 1. The van der Waals surface area contributed by atoms with Crippen molar-refractivity contribution in [3.05, 3.63) is 35.4 Å². The van der Waals surface area contributed by atoms with E-state index in [4.69, 9.17) is 0 Å². The lowest BCUT2D eigenvalue weighted by Crippen LogP contribution is -2.38.